The largest absolute Gasteiger partial charge is 0.285 e. The summed E-state index contributed by atoms with van der Waals surface area (Å²) in [6.45, 7) is 4.14. The summed E-state index contributed by atoms with van der Waals surface area (Å²) in [4.78, 5) is 0. The van der Waals surface area contributed by atoms with Gasteiger partial charge in [0, 0.05) is 5.92 Å². The van der Waals surface area contributed by atoms with Crippen LogP contribution in [-0.2, 0) is 6.42 Å². The van der Waals surface area contributed by atoms with Crippen molar-refractivity contribution in [1.29, 1.82) is 0 Å². The molecule has 1 aliphatic rings. The minimum Gasteiger partial charge on any atom is -0.236 e. The lowest BCUT2D eigenvalue weighted by molar-refractivity contribution is -0.132. The van der Waals surface area contributed by atoms with E-state index in [-0.39, 0.29) is 5.56 Å². The van der Waals surface area contributed by atoms with Gasteiger partial charge in [0.25, 0.3) is 5.92 Å². The summed E-state index contributed by atoms with van der Waals surface area (Å²) in [5.74, 6) is -3.59. The molecule has 118 valence electrons. The Labute approximate surface area is 125 Å². The van der Waals surface area contributed by atoms with Crippen LogP contribution >= 0.6 is 0 Å². The summed E-state index contributed by atoms with van der Waals surface area (Å²) in [6, 6.07) is 6.58. The topological polar surface area (TPSA) is 0 Å². The Morgan fingerprint density at radius 3 is 2.19 bits per heavy atom. The summed E-state index contributed by atoms with van der Waals surface area (Å²) in [7, 11) is 0. The van der Waals surface area contributed by atoms with Gasteiger partial charge in [-0.25, -0.2) is 13.2 Å². The van der Waals surface area contributed by atoms with E-state index in [1.54, 1.807) is 12.1 Å². The van der Waals surface area contributed by atoms with Crippen LogP contribution in [0.15, 0.2) is 24.3 Å². The normalized spacial score (nSPS) is 24.8. The molecule has 1 fully saturated rings. The predicted molar refractivity (Wildman–Crippen MR) is 80.4 cm³/mol. The Morgan fingerprint density at radius 2 is 1.67 bits per heavy atom. The Balaban J connectivity index is 2.07. The first-order valence-electron chi connectivity index (χ1n) is 8.05. The molecule has 0 aromatic heterocycles. The van der Waals surface area contributed by atoms with E-state index in [0.29, 0.717) is 18.8 Å². The van der Waals surface area contributed by atoms with Crippen molar-refractivity contribution in [2.45, 2.75) is 64.5 Å². The Bertz CT molecular complexity index is 430. The van der Waals surface area contributed by atoms with E-state index in [1.807, 2.05) is 0 Å². The van der Waals surface area contributed by atoms with Crippen LogP contribution in [0.2, 0.25) is 0 Å². The summed E-state index contributed by atoms with van der Waals surface area (Å²) < 4.78 is 43.1. The predicted octanol–water partition coefficient (Wildman–Crippen LogP) is 6.11. The van der Waals surface area contributed by atoms with E-state index < -0.39 is 18.0 Å². The van der Waals surface area contributed by atoms with Gasteiger partial charge in [0.05, 0.1) is 0 Å². The highest BCUT2D eigenvalue weighted by molar-refractivity contribution is 5.26. The standard InChI is InChI=1S/C18H25F3/c1-3-4-14-7-9-15(10-8-14)17(19)18(20,21)16-11-5-13(2)6-12-16/h7-10,13,16-17H,3-6,11-12H2,1-2H3. The zero-order valence-electron chi connectivity index (χ0n) is 12.9. The fraction of sp³-hybridized carbons (Fsp3) is 0.667. The SMILES string of the molecule is CCCc1ccc(C(F)C(F)(F)C2CCC(C)CC2)cc1. The van der Waals surface area contributed by atoms with E-state index >= 15 is 0 Å². The Morgan fingerprint density at radius 1 is 1.10 bits per heavy atom. The number of halogens is 3. The molecule has 0 N–H and O–H groups in total. The lowest BCUT2D eigenvalue weighted by Crippen LogP contribution is -2.35. The number of hydrogen-bond donors (Lipinski definition) is 0. The zero-order chi connectivity index (χ0) is 15.5. The molecule has 0 saturated heterocycles. The van der Waals surface area contributed by atoms with Crippen molar-refractivity contribution in [1.82, 2.24) is 0 Å². The third-order valence-corrected chi connectivity index (χ3v) is 4.71. The highest BCUT2D eigenvalue weighted by Gasteiger charge is 2.48. The van der Waals surface area contributed by atoms with Crippen molar-refractivity contribution in [2.24, 2.45) is 11.8 Å². The molecule has 1 atom stereocenters. The number of rotatable bonds is 5. The maximum Gasteiger partial charge on any atom is 0.285 e. The molecule has 0 aliphatic heterocycles. The van der Waals surface area contributed by atoms with Crippen molar-refractivity contribution >= 4 is 0 Å². The Kier molecular flexibility index (Phi) is 5.34. The molecule has 0 nitrogen and oxygen atoms in total. The molecule has 2 rings (SSSR count). The molecule has 0 radical (unpaired) electrons. The van der Waals surface area contributed by atoms with E-state index in [0.717, 1.165) is 31.2 Å². The molecule has 1 unspecified atom stereocenters. The van der Waals surface area contributed by atoms with Crippen LogP contribution < -0.4 is 0 Å². The first kappa shape index (κ1) is 16.4. The fourth-order valence-corrected chi connectivity index (χ4v) is 3.22. The molecular weight excluding hydrogens is 273 g/mol. The molecule has 0 heterocycles. The average Bonchev–Trinajstić information content (AvgIpc) is 2.48. The first-order valence-corrected chi connectivity index (χ1v) is 8.05. The summed E-state index contributed by atoms with van der Waals surface area (Å²) >= 11 is 0. The molecule has 0 amide bonds. The van der Waals surface area contributed by atoms with Crippen molar-refractivity contribution in [3.05, 3.63) is 35.4 Å². The fourth-order valence-electron chi connectivity index (χ4n) is 3.22. The van der Waals surface area contributed by atoms with E-state index in [9.17, 15) is 13.2 Å². The van der Waals surface area contributed by atoms with Gasteiger partial charge in [-0.1, -0.05) is 57.4 Å². The number of aryl methyl sites for hydroxylation is 1. The number of hydrogen-bond acceptors (Lipinski definition) is 0. The average molecular weight is 298 g/mol. The molecule has 21 heavy (non-hydrogen) atoms. The van der Waals surface area contributed by atoms with Gasteiger partial charge in [0.2, 0.25) is 0 Å². The van der Waals surface area contributed by atoms with E-state index in [2.05, 4.69) is 13.8 Å². The van der Waals surface area contributed by atoms with Crippen LogP contribution in [-0.4, -0.2) is 5.92 Å². The van der Waals surface area contributed by atoms with Gasteiger partial charge in [0.15, 0.2) is 6.17 Å². The van der Waals surface area contributed by atoms with Crippen LogP contribution in [0.25, 0.3) is 0 Å². The number of benzene rings is 1. The van der Waals surface area contributed by atoms with Crippen LogP contribution in [0, 0.1) is 11.8 Å². The monoisotopic (exact) mass is 298 g/mol. The highest BCUT2D eigenvalue weighted by Crippen LogP contribution is 2.46. The second kappa shape index (κ2) is 6.85. The molecule has 1 aromatic rings. The molecule has 0 spiro atoms. The molecule has 0 bridgehead atoms. The smallest absolute Gasteiger partial charge is 0.236 e. The summed E-state index contributed by atoms with van der Waals surface area (Å²) in [5, 5.41) is 0. The van der Waals surface area contributed by atoms with Gasteiger partial charge in [-0.05, 0) is 36.3 Å². The minimum atomic E-state index is -3.26. The van der Waals surface area contributed by atoms with E-state index in [1.165, 1.54) is 12.1 Å². The van der Waals surface area contributed by atoms with Crippen LogP contribution in [0.5, 0.6) is 0 Å². The second-order valence-electron chi connectivity index (χ2n) is 6.49. The quantitative estimate of drug-likeness (QED) is 0.615. The molecular formula is C18H25F3. The van der Waals surface area contributed by atoms with Gasteiger partial charge in [-0.2, -0.15) is 0 Å². The molecule has 1 saturated carbocycles. The van der Waals surface area contributed by atoms with Crippen molar-refractivity contribution in [2.75, 3.05) is 0 Å². The van der Waals surface area contributed by atoms with Crippen molar-refractivity contribution < 1.29 is 13.2 Å². The number of alkyl halides is 3. The molecule has 1 aliphatic carbocycles. The third-order valence-electron chi connectivity index (χ3n) is 4.71. The third kappa shape index (κ3) is 3.81. The molecule has 1 aromatic carbocycles. The van der Waals surface area contributed by atoms with Gasteiger partial charge in [0.1, 0.15) is 0 Å². The molecule has 3 heteroatoms. The Hall–Kier alpha value is -0.990. The van der Waals surface area contributed by atoms with Gasteiger partial charge in [-0.3, -0.25) is 0 Å². The van der Waals surface area contributed by atoms with Crippen LogP contribution in [0.3, 0.4) is 0 Å². The first-order chi connectivity index (χ1) is 9.95. The van der Waals surface area contributed by atoms with Crippen LogP contribution in [0.1, 0.15) is 63.3 Å². The lowest BCUT2D eigenvalue weighted by Gasteiger charge is -2.34. The minimum absolute atomic E-state index is 0.110. The van der Waals surface area contributed by atoms with Gasteiger partial charge < -0.3 is 0 Å². The van der Waals surface area contributed by atoms with E-state index in [4.69, 9.17) is 0 Å². The highest BCUT2D eigenvalue weighted by atomic mass is 19.3. The second-order valence-corrected chi connectivity index (χ2v) is 6.49. The maximum atomic E-state index is 14.4. The van der Waals surface area contributed by atoms with Gasteiger partial charge >= 0.3 is 0 Å². The van der Waals surface area contributed by atoms with Crippen molar-refractivity contribution in [3.8, 4) is 0 Å². The summed E-state index contributed by atoms with van der Waals surface area (Å²) in [5.41, 5.74) is 1.18. The lowest BCUT2D eigenvalue weighted by atomic mass is 9.77. The van der Waals surface area contributed by atoms with Crippen molar-refractivity contribution in [3.63, 3.8) is 0 Å². The van der Waals surface area contributed by atoms with Crippen LogP contribution in [0.4, 0.5) is 13.2 Å². The summed E-state index contributed by atoms with van der Waals surface area (Å²) in [6.07, 6.45) is 2.13. The van der Waals surface area contributed by atoms with Gasteiger partial charge in [-0.15, -0.1) is 0 Å². The maximum absolute atomic E-state index is 14.4. The zero-order valence-corrected chi connectivity index (χ0v) is 12.9.